The third-order valence-corrected chi connectivity index (χ3v) is 3.95. The lowest BCUT2D eigenvalue weighted by atomic mass is 10.1. The first kappa shape index (κ1) is 18.1. The molecule has 0 N–H and O–H groups in total. The summed E-state index contributed by atoms with van der Waals surface area (Å²) >= 11 is 0. The van der Waals surface area contributed by atoms with Gasteiger partial charge in [-0.25, -0.2) is 0 Å². The number of ether oxygens (including phenoxy) is 1. The van der Waals surface area contributed by atoms with Gasteiger partial charge in [-0.2, -0.15) is 0 Å². The van der Waals surface area contributed by atoms with Crippen molar-refractivity contribution in [3.63, 3.8) is 0 Å². The van der Waals surface area contributed by atoms with Gasteiger partial charge in [0.05, 0.1) is 12.9 Å². The summed E-state index contributed by atoms with van der Waals surface area (Å²) in [6.07, 6.45) is 18.2. The number of hydrogen-bond donors (Lipinski definition) is 0. The SMILES string of the molecule is CCCCCCCCCCCCCCOc1cc(C)co1. The Morgan fingerprint density at radius 1 is 0.810 bits per heavy atom. The second-order valence-corrected chi connectivity index (χ2v) is 6.18. The summed E-state index contributed by atoms with van der Waals surface area (Å²) in [6.45, 7) is 5.07. The van der Waals surface area contributed by atoms with E-state index in [4.69, 9.17) is 9.15 Å². The van der Waals surface area contributed by atoms with E-state index in [2.05, 4.69) is 6.92 Å². The zero-order chi connectivity index (χ0) is 15.2. The minimum Gasteiger partial charge on any atom is -0.465 e. The Morgan fingerprint density at radius 3 is 1.81 bits per heavy atom. The minimum absolute atomic E-state index is 0.663. The molecule has 0 fully saturated rings. The molecule has 0 amide bonds. The molecule has 0 radical (unpaired) electrons. The van der Waals surface area contributed by atoms with Crippen molar-refractivity contribution < 1.29 is 9.15 Å². The van der Waals surface area contributed by atoms with E-state index in [9.17, 15) is 0 Å². The first-order valence-electron chi connectivity index (χ1n) is 9.01. The molecule has 0 atom stereocenters. The van der Waals surface area contributed by atoms with Gasteiger partial charge >= 0.3 is 0 Å². The Labute approximate surface area is 131 Å². The van der Waals surface area contributed by atoms with E-state index in [1.165, 1.54) is 70.6 Å². The van der Waals surface area contributed by atoms with Crippen LogP contribution in [0.3, 0.4) is 0 Å². The third kappa shape index (κ3) is 10.4. The smallest absolute Gasteiger partial charge is 0.284 e. The van der Waals surface area contributed by atoms with Crippen molar-refractivity contribution in [2.24, 2.45) is 0 Å². The van der Waals surface area contributed by atoms with Crippen LogP contribution in [0.4, 0.5) is 0 Å². The topological polar surface area (TPSA) is 22.4 Å². The Morgan fingerprint density at radius 2 is 1.33 bits per heavy atom. The highest BCUT2D eigenvalue weighted by atomic mass is 16.6. The number of rotatable bonds is 14. The fraction of sp³-hybridized carbons (Fsp3) is 0.789. The Hall–Kier alpha value is -0.920. The van der Waals surface area contributed by atoms with E-state index in [1.807, 2.05) is 13.0 Å². The molecule has 0 saturated heterocycles. The average molecular weight is 294 g/mol. The second-order valence-electron chi connectivity index (χ2n) is 6.18. The van der Waals surface area contributed by atoms with Gasteiger partial charge in [0, 0.05) is 6.07 Å². The average Bonchev–Trinajstić information content (AvgIpc) is 2.89. The van der Waals surface area contributed by atoms with Crippen molar-refractivity contribution in [2.75, 3.05) is 6.61 Å². The van der Waals surface area contributed by atoms with E-state index in [-0.39, 0.29) is 0 Å². The molecular formula is C19H34O2. The molecule has 0 aliphatic carbocycles. The summed E-state index contributed by atoms with van der Waals surface area (Å²) < 4.78 is 10.8. The standard InChI is InChI=1S/C19H34O2/c1-3-4-5-6-7-8-9-10-11-12-13-14-15-20-19-16-18(2)17-21-19/h16-17H,3-15H2,1-2H3. The van der Waals surface area contributed by atoms with Gasteiger partial charge in [-0.15, -0.1) is 0 Å². The van der Waals surface area contributed by atoms with E-state index in [1.54, 1.807) is 6.26 Å². The van der Waals surface area contributed by atoms with Gasteiger partial charge < -0.3 is 9.15 Å². The number of furan rings is 1. The molecule has 0 bridgehead atoms. The van der Waals surface area contributed by atoms with Gasteiger partial charge in [-0.1, -0.05) is 77.6 Å². The van der Waals surface area contributed by atoms with Crippen LogP contribution in [0.1, 0.15) is 89.5 Å². The maximum absolute atomic E-state index is 5.55. The normalized spacial score (nSPS) is 11.0. The van der Waals surface area contributed by atoms with E-state index in [0.29, 0.717) is 5.95 Å². The maximum atomic E-state index is 5.55. The molecule has 1 rings (SSSR count). The van der Waals surface area contributed by atoms with Crippen LogP contribution in [-0.2, 0) is 0 Å². The summed E-state index contributed by atoms with van der Waals surface area (Å²) in [7, 11) is 0. The Bertz CT molecular complexity index is 330. The van der Waals surface area contributed by atoms with E-state index < -0.39 is 0 Å². The number of aryl methyl sites for hydroxylation is 1. The summed E-state index contributed by atoms with van der Waals surface area (Å²) in [5.74, 6) is 0.663. The van der Waals surface area contributed by atoms with Crippen LogP contribution in [0.25, 0.3) is 0 Å². The van der Waals surface area contributed by atoms with Crippen LogP contribution in [-0.4, -0.2) is 6.61 Å². The van der Waals surface area contributed by atoms with E-state index in [0.717, 1.165) is 18.6 Å². The molecule has 0 unspecified atom stereocenters. The first-order chi connectivity index (χ1) is 10.3. The summed E-state index contributed by atoms with van der Waals surface area (Å²) in [6, 6.07) is 1.94. The molecule has 0 aromatic carbocycles. The molecule has 0 saturated carbocycles. The lowest BCUT2D eigenvalue weighted by molar-refractivity contribution is 0.236. The van der Waals surface area contributed by atoms with Gasteiger partial charge in [0.25, 0.3) is 5.95 Å². The lowest BCUT2D eigenvalue weighted by Gasteiger charge is -2.03. The quantitative estimate of drug-likeness (QED) is 0.358. The second kappa shape index (κ2) is 12.8. The Kier molecular flexibility index (Phi) is 11.0. The molecule has 21 heavy (non-hydrogen) atoms. The lowest BCUT2D eigenvalue weighted by Crippen LogP contribution is -1.96. The van der Waals surface area contributed by atoms with Crippen LogP contribution >= 0.6 is 0 Å². The fourth-order valence-corrected chi connectivity index (χ4v) is 2.60. The fourth-order valence-electron chi connectivity index (χ4n) is 2.60. The highest BCUT2D eigenvalue weighted by molar-refractivity contribution is 5.14. The number of unbranched alkanes of at least 4 members (excludes halogenated alkanes) is 11. The van der Waals surface area contributed by atoms with Crippen molar-refractivity contribution in [2.45, 2.75) is 90.9 Å². The zero-order valence-electron chi connectivity index (χ0n) is 14.2. The predicted octanol–water partition coefficient (Wildman–Crippen LogP) is 6.67. The first-order valence-corrected chi connectivity index (χ1v) is 9.01. The zero-order valence-corrected chi connectivity index (χ0v) is 14.2. The van der Waals surface area contributed by atoms with Crippen molar-refractivity contribution >= 4 is 0 Å². The van der Waals surface area contributed by atoms with Gasteiger partial charge in [0.15, 0.2) is 0 Å². The predicted molar refractivity (Wildman–Crippen MR) is 90.0 cm³/mol. The number of hydrogen-bond acceptors (Lipinski definition) is 2. The molecule has 0 aliphatic rings. The van der Waals surface area contributed by atoms with Crippen LogP contribution < -0.4 is 4.74 Å². The van der Waals surface area contributed by atoms with Crippen molar-refractivity contribution in [1.29, 1.82) is 0 Å². The molecule has 0 aliphatic heterocycles. The molecule has 122 valence electrons. The third-order valence-electron chi connectivity index (χ3n) is 3.95. The van der Waals surface area contributed by atoms with Crippen LogP contribution in [0.5, 0.6) is 5.95 Å². The molecule has 0 spiro atoms. The van der Waals surface area contributed by atoms with Crippen molar-refractivity contribution in [1.82, 2.24) is 0 Å². The van der Waals surface area contributed by atoms with Crippen molar-refractivity contribution in [3.05, 3.63) is 17.9 Å². The van der Waals surface area contributed by atoms with Gasteiger partial charge in [0.1, 0.15) is 0 Å². The molecule has 1 aromatic heterocycles. The molecule has 2 heteroatoms. The van der Waals surface area contributed by atoms with Crippen LogP contribution in [0.2, 0.25) is 0 Å². The Balaban J connectivity index is 1.74. The minimum atomic E-state index is 0.663. The monoisotopic (exact) mass is 294 g/mol. The molecule has 1 aromatic rings. The van der Waals surface area contributed by atoms with Crippen molar-refractivity contribution in [3.8, 4) is 5.95 Å². The molecular weight excluding hydrogens is 260 g/mol. The van der Waals surface area contributed by atoms with E-state index >= 15 is 0 Å². The highest BCUT2D eigenvalue weighted by Gasteiger charge is 1.98. The largest absolute Gasteiger partial charge is 0.465 e. The van der Waals surface area contributed by atoms with Crippen LogP contribution in [0, 0.1) is 6.92 Å². The summed E-state index contributed by atoms with van der Waals surface area (Å²) in [5.41, 5.74) is 1.12. The molecule has 2 nitrogen and oxygen atoms in total. The highest BCUT2D eigenvalue weighted by Crippen LogP contribution is 2.16. The maximum Gasteiger partial charge on any atom is 0.284 e. The molecule has 1 heterocycles. The van der Waals surface area contributed by atoms with Gasteiger partial charge in [0.2, 0.25) is 0 Å². The van der Waals surface area contributed by atoms with Gasteiger partial charge in [-0.3, -0.25) is 0 Å². The summed E-state index contributed by atoms with van der Waals surface area (Å²) in [4.78, 5) is 0. The van der Waals surface area contributed by atoms with Gasteiger partial charge in [-0.05, 0) is 18.9 Å². The summed E-state index contributed by atoms with van der Waals surface area (Å²) in [5, 5.41) is 0. The van der Waals surface area contributed by atoms with Crippen LogP contribution in [0.15, 0.2) is 16.7 Å².